The second-order valence-electron chi connectivity index (χ2n) is 6.79. The van der Waals surface area contributed by atoms with Crippen molar-refractivity contribution in [2.75, 3.05) is 24.5 Å². The predicted octanol–water partition coefficient (Wildman–Crippen LogP) is 2.81. The lowest BCUT2D eigenvalue weighted by atomic mass is 9.92. The fraction of sp³-hybridized carbons (Fsp3) is 0.611. The molecule has 2 N–H and O–H groups in total. The minimum atomic E-state index is -0.886. The van der Waals surface area contributed by atoms with Crippen molar-refractivity contribution < 1.29 is 9.90 Å². The van der Waals surface area contributed by atoms with Crippen LogP contribution in [0.1, 0.15) is 50.4 Å². The van der Waals surface area contributed by atoms with E-state index in [1.807, 2.05) is 38.1 Å². The number of carbonyl (C=O) groups excluding carboxylic acids is 1. The summed E-state index contributed by atoms with van der Waals surface area (Å²) in [6.45, 7) is 8.10. The van der Waals surface area contributed by atoms with Crippen molar-refractivity contribution in [1.29, 1.82) is 0 Å². The monoisotopic (exact) mass is 304 g/mol. The van der Waals surface area contributed by atoms with Gasteiger partial charge in [-0.25, -0.2) is 0 Å². The molecule has 4 nitrogen and oxygen atoms in total. The van der Waals surface area contributed by atoms with Gasteiger partial charge in [0.25, 0.3) is 5.91 Å². The van der Waals surface area contributed by atoms with Crippen LogP contribution in [0, 0.1) is 5.92 Å². The van der Waals surface area contributed by atoms with Crippen LogP contribution >= 0.6 is 0 Å². The van der Waals surface area contributed by atoms with Gasteiger partial charge in [0.2, 0.25) is 0 Å². The van der Waals surface area contributed by atoms with Crippen molar-refractivity contribution in [2.45, 2.75) is 45.6 Å². The molecule has 1 saturated heterocycles. The van der Waals surface area contributed by atoms with Crippen LogP contribution in [0.25, 0.3) is 0 Å². The molecule has 1 amide bonds. The quantitative estimate of drug-likeness (QED) is 0.879. The molecule has 1 unspecified atom stereocenters. The summed E-state index contributed by atoms with van der Waals surface area (Å²) in [5.74, 6) is -0.0413. The van der Waals surface area contributed by atoms with Gasteiger partial charge in [0, 0.05) is 30.9 Å². The van der Waals surface area contributed by atoms with Crippen molar-refractivity contribution in [3.8, 4) is 0 Å². The van der Waals surface area contributed by atoms with E-state index in [-0.39, 0.29) is 18.4 Å². The molecule has 0 saturated carbocycles. The number of carbonyl (C=O) groups is 1. The third-order valence-electron chi connectivity index (χ3n) is 4.70. The van der Waals surface area contributed by atoms with E-state index in [4.69, 9.17) is 0 Å². The lowest BCUT2D eigenvalue weighted by Crippen LogP contribution is -2.44. The Bertz CT molecular complexity index is 488. The van der Waals surface area contributed by atoms with Crippen LogP contribution in [-0.4, -0.2) is 36.2 Å². The highest BCUT2D eigenvalue weighted by Gasteiger charge is 2.25. The zero-order valence-corrected chi connectivity index (χ0v) is 13.9. The van der Waals surface area contributed by atoms with Gasteiger partial charge in [0.15, 0.2) is 0 Å². The minimum Gasteiger partial charge on any atom is -0.388 e. The maximum Gasteiger partial charge on any atom is 0.251 e. The van der Waals surface area contributed by atoms with Gasteiger partial charge >= 0.3 is 0 Å². The second kappa shape index (κ2) is 7.14. The van der Waals surface area contributed by atoms with Crippen LogP contribution in [0.3, 0.4) is 0 Å². The molecule has 0 bridgehead atoms. The summed E-state index contributed by atoms with van der Waals surface area (Å²) in [4.78, 5) is 14.5. The second-order valence-corrected chi connectivity index (χ2v) is 6.79. The number of hydrogen-bond donors (Lipinski definition) is 2. The molecule has 2 rings (SSSR count). The van der Waals surface area contributed by atoms with Crippen molar-refractivity contribution in [2.24, 2.45) is 5.92 Å². The Hall–Kier alpha value is -1.55. The van der Waals surface area contributed by atoms with Gasteiger partial charge in [-0.2, -0.15) is 0 Å². The number of nitrogens with one attached hydrogen (secondary N) is 1. The van der Waals surface area contributed by atoms with Crippen molar-refractivity contribution in [1.82, 2.24) is 5.32 Å². The molecule has 1 heterocycles. The zero-order valence-electron chi connectivity index (χ0n) is 13.9. The van der Waals surface area contributed by atoms with Gasteiger partial charge in [-0.15, -0.1) is 0 Å². The largest absolute Gasteiger partial charge is 0.388 e. The Morgan fingerprint density at radius 2 is 1.82 bits per heavy atom. The Labute approximate surface area is 133 Å². The predicted molar refractivity (Wildman–Crippen MR) is 90.3 cm³/mol. The maximum atomic E-state index is 12.2. The van der Waals surface area contributed by atoms with Gasteiger partial charge in [0.1, 0.15) is 0 Å². The summed E-state index contributed by atoms with van der Waals surface area (Å²) in [5, 5.41) is 13.0. The molecule has 1 fully saturated rings. The highest BCUT2D eigenvalue weighted by atomic mass is 16.3. The number of piperidine rings is 1. The van der Waals surface area contributed by atoms with Crippen LogP contribution < -0.4 is 10.2 Å². The average molecular weight is 304 g/mol. The molecule has 1 aliphatic heterocycles. The van der Waals surface area contributed by atoms with E-state index in [0.29, 0.717) is 5.56 Å². The van der Waals surface area contributed by atoms with Crippen LogP contribution in [0.4, 0.5) is 5.69 Å². The molecule has 4 heteroatoms. The summed E-state index contributed by atoms with van der Waals surface area (Å²) in [7, 11) is 0. The molecular weight excluding hydrogens is 276 g/mol. The fourth-order valence-electron chi connectivity index (χ4n) is 2.54. The smallest absolute Gasteiger partial charge is 0.251 e. The summed E-state index contributed by atoms with van der Waals surface area (Å²) in [5.41, 5.74) is 0.939. The lowest BCUT2D eigenvalue weighted by Gasteiger charge is -2.29. The minimum absolute atomic E-state index is 0.0919. The van der Waals surface area contributed by atoms with Crippen LogP contribution in [-0.2, 0) is 0 Å². The topological polar surface area (TPSA) is 52.6 Å². The number of aliphatic hydroxyl groups is 1. The Kier molecular flexibility index (Phi) is 5.46. The molecule has 1 aromatic rings. The number of benzene rings is 1. The van der Waals surface area contributed by atoms with Crippen molar-refractivity contribution in [3.63, 3.8) is 0 Å². The molecule has 0 aromatic heterocycles. The van der Waals surface area contributed by atoms with E-state index in [1.165, 1.54) is 24.9 Å². The first-order chi connectivity index (χ1) is 10.4. The van der Waals surface area contributed by atoms with Gasteiger partial charge in [0.05, 0.1) is 5.60 Å². The van der Waals surface area contributed by atoms with E-state index < -0.39 is 5.60 Å². The summed E-state index contributed by atoms with van der Waals surface area (Å²) in [6, 6.07) is 7.76. The molecule has 1 aliphatic rings. The molecule has 0 aliphatic carbocycles. The van der Waals surface area contributed by atoms with Crippen LogP contribution in [0.5, 0.6) is 0 Å². The van der Waals surface area contributed by atoms with E-state index in [0.717, 1.165) is 13.1 Å². The summed E-state index contributed by atoms with van der Waals surface area (Å²) >= 11 is 0. The fourth-order valence-corrected chi connectivity index (χ4v) is 2.54. The lowest BCUT2D eigenvalue weighted by molar-refractivity contribution is 0.0142. The third kappa shape index (κ3) is 4.23. The molecule has 0 spiro atoms. The van der Waals surface area contributed by atoms with E-state index in [2.05, 4.69) is 10.2 Å². The Balaban J connectivity index is 1.93. The summed E-state index contributed by atoms with van der Waals surface area (Å²) in [6.07, 6.45) is 3.80. The van der Waals surface area contributed by atoms with Gasteiger partial charge in [-0.3, -0.25) is 4.79 Å². The first kappa shape index (κ1) is 16.8. The standard InChI is InChI=1S/C18H28N2O2/c1-14(2)18(3,22)13-19-17(21)15-7-9-16(10-8-15)20-11-5-4-6-12-20/h7-10,14,22H,4-6,11-13H2,1-3H3,(H,19,21). The molecule has 22 heavy (non-hydrogen) atoms. The van der Waals surface area contributed by atoms with E-state index in [1.54, 1.807) is 6.92 Å². The van der Waals surface area contributed by atoms with Gasteiger partial charge in [-0.05, 0) is 56.4 Å². The van der Waals surface area contributed by atoms with E-state index in [9.17, 15) is 9.90 Å². The molecule has 122 valence electrons. The highest BCUT2D eigenvalue weighted by Crippen LogP contribution is 2.20. The number of rotatable bonds is 5. The number of hydrogen-bond acceptors (Lipinski definition) is 3. The average Bonchev–Trinajstić information content (AvgIpc) is 2.53. The molecule has 1 aromatic carbocycles. The molecule has 0 radical (unpaired) electrons. The van der Waals surface area contributed by atoms with Crippen LogP contribution in [0.2, 0.25) is 0 Å². The number of amides is 1. The normalized spacial score (nSPS) is 18.1. The van der Waals surface area contributed by atoms with Gasteiger partial charge in [-0.1, -0.05) is 13.8 Å². The number of nitrogens with zero attached hydrogens (tertiary/aromatic N) is 1. The Morgan fingerprint density at radius 3 is 2.36 bits per heavy atom. The first-order valence-corrected chi connectivity index (χ1v) is 8.26. The SMILES string of the molecule is CC(C)C(C)(O)CNC(=O)c1ccc(N2CCCCC2)cc1. The molecular formula is C18H28N2O2. The van der Waals surface area contributed by atoms with Crippen molar-refractivity contribution in [3.05, 3.63) is 29.8 Å². The van der Waals surface area contributed by atoms with Crippen LogP contribution in [0.15, 0.2) is 24.3 Å². The summed E-state index contributed by atoms with van der Waals surface area (Å²) < 4.78 is 0. The third-order valence-corrected chi connectivity index (χ3v) is 4.70. The maximum absolute atomic E-state index is 12.2. The van der Waals surface area contributed by atoms with E-state index >= 15 is 0 Å². The number of anilines is 1. The Morgan fingerprint density at radius 1 is 1.23 bits per heavy atom. The van der Waals surface area contributed by atoms with Gasteiger partial charge < -0.3 is 15.3 Å². The molecule has 1 atom stereocenters. The first-order valence-electron chi connectivity index (χ1n) is 8.26. The highest BCUT2D eigenvalue weighted by molar-refractivity contribution is 5.94. The zero-order chi connectivity index (χ0) is 16.2. The van der Waals surface area contributed by atoms with Crippen molar-refractivity contribution >= 4 is 11.6 Å².